The Balaban J connectivity index is 0.000000431. The highest BCUT2D eigenvalue weighted by atomic mass is 19.1. The average molecular weight is 243 g/mol. The third kappa shape index (κ3) is 1.50. The van der Waals surface area contributed by atoms with Crippen LogP contribution in [0.4, 0.5) is 8.78 Å². The van der Waals surface area contributed by atoms with Gasteiger partial charge < -0.3 is 0 Å². The molecule has 2 saturated carbocycles. The zero-order valence-corrected chi connectivity index (χ0v) is 10.9. The Hall–Kier alpha value is -0.180. The third-order valence-corrected chi connectivity index (χ3v) is 5.79. The minimum atomic E-state index is -0.471. The van der Waals surface area contributed by atoms with E-state index in [1.807, 2.05) is 0 Å². The van der Waals surface area contributed by atoms with E-state index >= 15 is 0 Å². The molecule has 17 heavy (non-hydrogen) atoms. The molecule has 2 aliphatic heterocycles. The summed E-state index contributed by atoms with van der Waals surface area (Å²) in [5, 5.41) is 0. The van der Waals surface area contributed by atoms with Crippen LogP contribution in [0.15, 0.2) is 0 Å². The first-order valence-electron chi connectivity index (χ1n) is 6.89. The number of alkyl halides is 2. The molecular formula is C14H23F2N. The number of rotatable bonds is 1. The lowest BCUT2D eigenvalue weighted by Crippen LogP contribution is -2.37. The Bertz CT molecular complexity index is 328. The van der Waals surface area contributed by atoms with Gasteiger partial charge in [0.05, 0.1) is 7.18 Å². The molecule has 0 N–H and O–H groups in total. The van der Waals surface area contributed by atoms with Crippen molar-refractivity contribution >= 4 is 0 Å². The second kappa shape index (κ2) is 3.43. The van der Waals surface area contributed by atoms with E-state index in [2.05, 4.69) is 11.8 Å². The maximum absolute atomic E-state index is 13.5. The van der Waals surface area contributed by atoms with Crippen molar-refractivity contribution in [2.24, 2.45) is 10.8 Å². The first kappa shape index (κ1) is 11.9. The van der Waals surface area contributed by atoms with Crippen LogP contribution < -0.4 is 0 Å². The fraction of sp³-hybridized carbons (Fsp3) is 1.00. The van der Waals surface area contributed by atoms with Crippen LogP contribution in [0.5, 0.6) is 0 Å². The van der Waals surface area contributed by atoms with Gasteiger partial charge in [-0.3, -0.25) is 9.29 Å². The standard InChI is InChI=1S/C13H20FN.CH3F/c1-2-13-6-11(3-4-11)8-15(13)9-12(7-13)5-10(12)14;1-2/h10H,2-9H2,1H3;1H3. The van der Waals surface area contributed by atoms with Crippen LogP contribution in [0.1, 0.15) is 45.4 Å². The number of halogens is 2. The van der Waals surface area contributed by atoms with Gasteiger partial charge in [0.25, 0.3) is 0 Å². The van der Waals surface area contributed by atoms with Gasteiger partial charge in [0.15, 0.2) is 0 Å². The van der Waals surface area contributed by atoms with Gasteiger partial charge in [0.1, 0.15) is 6.17 Å². The molecule has 2 saturated heterocycles. The molecule has 4 rings (SSSR count). The number of fused-ring (bicyclic) bond motifs is 1. The Morgan fingerprint density at radius 1 is 1.18 bits per heavy atom. The van der Waals surface area contributed by atoms with E-state index in [0.717, 1.165) is 13.0 Å². The van der Waals surface area contributed by atoms with Gasteiger partial charge in [0.2, 0.25) is 0 Å². The summed E-state index contributed by atoms with van der Waals surface area (Å²) in [5.74, 6) is 0. The molecule has 0 radical (unpaired) electrons. The summed E-state index contributed by atoms with van der Waals surface area (Å²) in [4.78, 5) is 2.67. The molecule has 0 bridgehead atoms. The summed E-state index contributed by atoms with van der Waals surface area (Å²) in [6, 6.07) is 0. The minimum Gasteiger partial charge on any atom is -0.296 e. The summed E-state index contributed by atoms with van der Waals surface area (Å²) in [6.45, 7) is 4.67. The molecule has 0 aromatic heterocycles. The molecule has 0 aromatic rings. The lowest BCUT2D eigenvalue weighted by atomic mass is 9.82. The highest BCUT2D eigenvalue weighted by Crippen LogP contribution is 2.69. The molecule has 0 aromatic carbocycles. The summed E-state index contributed by atoms with van der Waals surface area (Å²) in [5.41, 5.74) is 1.22. The first-order valence-corrected chi connectivity index (χ1v) is 6.89. The van der Waals surface area contributed by atoms with Crippen LogP contribution in [0, 0.1) is 10.8 Å². The smallest absolute Gasteiger partial charge is 0.108 e. The second-order valence-electron chi connectivity index (χ2n) is 6.82. The fourth-order valence-electron chi connectivity index (χ4n) is 4.56. The van der Waals surface area contributed by atoms with Crippen molar-refractivity contribution in [3.8, 4) is 0 Å². The normalized spacial score (nSPS) is 49.1. The maximum Gasteiger partial charge on any atom is 0.108 e. The predicted molar refractivity (Wildman–Crippen MR) is 64.5 cm³/mol. The zero-order valence-electron chi connectivity index (χ0n) is 10.9. The Kier molecular flexibility index (Phi) is 2.40. The number of hydrogen-bond donors (Lipinski definition) is 0. The molecule has 2 spiro atoms. The van der Waals surface area contributed by atoms with Crippen LogP contribution >= 0.6 is 0 Å². The van der Waals surface area contributed by atoms with Crippen molar-refractivity contribution in [1.82, 2.24) is 4.90 Å². The van der Waals surface area contributed by atoms with E-state index in [0.29, 0.717) is 18.1 Å². The van der Waals surface area contributed by atoms with Crippen molar-refractivity contribution < 1.29 is 8.78 Å². The van der Waals surface area contributed by atoms with Crippen molar-refractivity contribution in [1.29, 1.82) is 0 Å². The quantitative estimate of drug-likeness (QED) is 0.682. The van der Waals surface area contributed by atoms with Gasteiger partial charge in [-0.2, -0.15) is 0 Å². The highest BCUT2D eigenvalue weighted by molar-refractivity contribution is 5.22. The molecule has 4 fully saturated rings. The second-order valence-corrected chi connectivity index (χ2v) is 6.82. The molecule has 0 amide bonds. The molecular weight excluding hydrogens is 220 g/mol. The molecule has 3 unspecified atom stereocenters. The monoisotopic (exact) mass is 243 g/mol. The summed E-state index contributed by atoms with van der Waals surface area (Å²) >= 11 is 0. The van der Waals surface area contributed by atoms with Crippen LogP contribution in [-0.2, 0) is 0 Å². The van der Waals surface area contributed by atoms with Crippen LogP contribution in [0.2, 0.25) is 0 Å². The van der Waals surface area contributed by atoms with Crippen molar-refractivity contribution in [3.63, 3.8) is 0 Å². The summed E-state index contributed by atoms with van der Waals surface area (Å²) in [6.07, 6.45) is 7.06. The Morgan fingerprint density at radius 2 is 1.82 bits per heavy atom. The van der Waals surface area contributed by atoms with Crippen LogP contribution in [0.25, 0.3) is 0 Å². The Morgan fingerprint density at radius 3 is 2.24 bits per heavy atom. The van der Waals surface area contributed by atoms with Gasteiger partial charge in [-0.15, -0.1) is 0 Å². The van der Waals surface area contributed by atoms with E-state index < -0.39 is 6.17 Å². The van der Waals surface area contributed by atoms with Gasteiger partial charge in [0, 0.05) is 24.0 Å². The van der Waals surface area contributed by atoms with Gasteiger partial charge in [-0.05, 0) is 43.9 Å². The maximum atomic E-state index is 13.5. The van der Waals surface area contributed by atoms with E-state index in [1.165, 1.54) is 38.6 Å². The lowest BCUT2D eigenvalue weighted by Gasteiger charge is -2.30. The largest absolute Gasteiger partial charge is 0.296 e. The number of hydrogen-bond acceptors (Lipinski definition) is 1. The minimum absolute atomic E-state index is 0.118. The predicted octanol–water partition coefficient (Wildman–Crippen LogP) is 3.34. The van der Waals surface area contributed by atoms with Crippen molar-refractivity contribution in [2.75, 3.05) is 20.3 Å². The van der Waals surface area contributed by atoms with E-state index in [1.54, 1.807) is 0 Å². The summed E-state index contributed by atoms with van der Waals surface area (Å²) < 4.78 is 23.0. The Labute approximate surface area is 103 Å². The molecule has 4 aliphatic rings. The third-order valence-electron chi connectivity index (χ3n) is 5.79. The molecule has 3 heteroatoms. The fourth-order valence-corrected chi connectivity index (χ4v) is 4.56. The first-order chi connectivity index (χ1) is 8.12. The van der Waals surface area contributed by atoms with Gasteiger partial charge >= 0.3 is 0 Å². The summed E-state index contributed by atoms with van der Waals surface area (Å²) in [7, 11) is 0.500. The van der Waals surface area contributed by atoms with Crippen molar-refractivity contribution in [3.05, 3.63) is 0 Å². The molecule has 2 aliphatic carbocycles. The van der Waals surface area contributed by atoms with Gasteiger partial charge in [-0.25, -0.2) is 4.39 Å². The highest BCUT2D eigenvalue weighted by Gasteiger charge is 2.70. The van der Waals surface area contributed by atoms with Gasteiger partial charge in [-0.1, -0.05) is 6.92 Å². The zero-order chi connectivity index (χ0) is 12.3. The number of nitrogens with zero attached hydrogens (tertiary/aromatic N) is 1. The molecule has 2 heterocycles. The molecule has 98 valence electrons. The van der Waals surface area contributed by atoms with E-state index in [-0.39, 0.29) is 5.41 Å². The molecule has 1 nitrogen and oxygen atoms in total. The van der Waals surface area contributed by atoms with E-state index in [9.17, 15) is 8.78 Å². The topological polar surface area (TPSA) is 3.24 Å². The molecule has 3 atom stereocenters. The van der Waals surface area contributed by atoms with E-state index in [4.69, 9.17) is 0 Å². The van der Waals surface area contributed by atoms with Crippen LogP contribution in [0.3, 0.4) is 0 Å². The van der Waals surface area contributed by atoms with Crippen molar-refractivity contribution in [2.45, 2.75) is 57.2 Å². The average Bonchev–Trinajstić information content (AvgIpc) is 3.12. The van der Waals surface area contributed by atoms with Crippen LogP contribution in [-0.4, -0.2) is 36.9 Å². The SMILES string of the molecule is CCC12CC3(CC3)CN1CC1(CC1F)C2.CF. The lowest BCUT2D eigenvalue weighted by molar-refractivity contribution is 0.189.